The Morgan fingerprint density at radius 3 is 2.53 bits per heavy atom. The average Bonchev–Trinajstić information content (AvgIpc) is 2.72. The molecule has 5 nitrogen and oxygen atoms in total. The summed E-state index contributed by atoms with van der Waals surface area (Å²) < 4.78 is 0. The van der Waals surface area contributed by atoms with Gasteiger partial charge in [0.1, 0.15) is 6.04 Å². The number of carboxylic acids is 1. The van der Waals surface area contributed by atoms with Gasteiger partial charge in [-0.25, -0.2) is 4.79 Å². The molecule has 2 rings (SSSR count). The Hall–Kier alpha value is -1.10. The van der Waals surface area contributed by atoms with Crippen molar-refractivity contribution >= 4 is 11.9 Å². The van der Waals surface area contributed by atoms with E-state index in [2.05, 4.69) is 0 Å². The fourth-order valence-corrected chi connectivity index (χ4v) is 2.87. The van der Waals surface area contributed by atoms with E-state index >= 15 is 0 Å². The Bertz CT molecular complexity index is 320. The molecule has 17 heavy (non-hydrogen) atoms. The molecular weight excluding hydrogens is 220 g/mol. The summed E-state index contributed by atoms with van der Waals surface area (Å²) in [5.74, 6) is -0.911. The summed E-state index contributed by atoms with van der Waals surface area (Å²) in [6.45, 7) is 1.11. The number of amides is 1. The van der Waals surface area contributed by atoms with Gasteiger partial charge in [-0.2, -0.15) is 0 Å². The van der Waals surface area contributed by atoms with Gasteiger partial charge in [0.25, 0.3) is 0 Å². The smallest absolute Gasteiger partial charge is 0.326 e. The van der Waals surface area contributed by atoms with Crippen molar-refractivity contribution in [2.75, 3.05) is 13.1 Å². The SMILES string of the molecule is NCC1(CC(=O)N2CCC[C@@H]2C(=O)O)CCC1. The molecule has 1 atom stereocenters. The van der Waals surface area contributed by atoms with Crippen LogP contribution in [-0.2, 0) is 9.59 Å². The number of carbonyl (C=O) groups excluding carboxylic acids is 1. The van der Waals surface area contributed by atoms with Crippen LogP contribution in [0.2, 0.25) is 0 Å². The molecule has 1 aliphatic carbocycles. The highest BCUT2D eigenvalue weighted by molar-refractivity contribution is 5.84. The second-order valence-electron chi connectivity index (χ2n) is 5.32. The average molecular weight is 240 g/mol. The molecule has 1 aliphatic heterocycles. The zero-order chi connectivity index (χ0) is 12.5. The minimum absolute atomic E-state index is 0.0277. The van der Waals surface area contributed by atoms with Crippen molar-refractivity contribution in [3.05, 3.63) is 0 Å². The van der Waals surface area contributed by atoms with Gasteiger partial charge in [-0.15, -0.1) is 0 Å². The molecule has 96 valence electrons. The minimum atomic E-state index is -0.883. The molecule has 1 amide bonds. The van der Waals surface area contributed by atoms with Gasteiger partial charge in [0, 0.05) is 13.0 Å². The van der Waals surface area contributed by atoms with E-state index in [1.165, 1.54) is 4.90 Å². The molecule has 1 heterocycles. The number of hydrogen-bond acceptors (Lipinski definition) is 3. The largest absolute Gasteiger partial charge is 0.480 e. The summed E-state index contributed by atoms with van der Waals surface area (Å²) in [5, 5.41) is 9.04. The van der Waals surface area contributed by atoms with Gasteiger partial charge in [-0.05, 0) is 37.6 Å². The number of carbonyl (C=O) groups is 2. The third-order valence-corrected chi connectivity index (χ3v) is 4.23. The molecule has 5 heteroatoms. The van der Waals surface area contributed by atoms with Crippen molar-refractivity contribution in [2.45, 2.75) is 44.6 Å². The van der Waals surface area contributed by atoms with Gasteiger partial charge in [-0.3, -0.25) is 4.79 Å². The Morgan fingerprint density at radius 2 is 2.06 bits per heavy atom. The van der Waals surface area contributed by atoms with Crippen LogP contribution in [-0.4, -0.2) is 41.0 Å². The highest BCUT2D eigenvalue weighted by atomic mass is 16.4. The number of hydrogen-bond donors (Lipinski definition) is 2. The van der Waals surface area contributed by atoms with Crippen molar-refractivity contribution in [1.29, 1.82) is 0 Å². The van der Waals surface area contributed by atoms with Gasteiger partial charge >= 0.3 is 5.97 Å². The molecule has 3 N–H and O–H groups in total. The zero-order valence-corrected chi connectivity index (χ0v) is 10.0. The van der Waals surface area contributed by atoms with E-state index in [4.69, 9.17) is 10.8 Å². The molecule has 0 radical (unpaired) electrons. The van der Waals surface area contributed by atoms with Crippen molar-refractivity contribution in [3.63, 3.8) is 0 Å². The van der Waals surface area contributed by atoms with Crippen LogP contribution in [0.25, 0.3) is 0 Å². The zero-order valence-electron chi connectivity index (χ0n) is 10.0. The first-order chi connectivity index (χ1) is 8.08. The van der Waals surface area contributed by atoms with Crippen molar-refractivity contribution in [3.8, 4) is 0 Å². The lowest BCUT2D eigenvalue weighted by atomic mass is 9.66. The van der Waals surface area contributed by atoms with Crippen LogP contribution in [0.5, 0.6) is 0 Å². The summed E-state index contributed by atoms with van der Waals surface area (Å²) in [5.41, 5.74) is 5.68. The lowest BCUT2D eigenvalue weighted by Crippen LogP contribution is -2.46. The number of carboxylic acid groups (broad SMARTS) is 1. The Kier molecular flexibility index (Phi) is 3.38. The first-order valence-corrected chi connectivity index (χ1v) is 6.30. The third-order valence-electron chi connectivity index (χ3n) is 4.23. The van der Waals surface area contributed by atoms with Crippen LogP contribution in [0, 0.1) is 5.41 Å². The summed E-state index contributed by atoms with van der Waals surface area (Å²) >= 11 is 0. The van der Waals surface area contributed by atoms with E-state index in [0.29, 0.717) is 25.9 Å². The second kappa shape index (κ2) is 4.64. The van der Waals surface area contributed by atoms with Crippen molar-refractivity contribution < 1.29 is 14.7 Å². The first-order valence-electron chi connectivity index (χ1n) is 6.30. The molecule has 0 aromatic rings. The number of likely N-dealkylation sites (tertiary alicyclic amines) is 1. The summed E-state index contributed by atoms with van der Waals surface area (Å²) in [4.78, 5) is 24.7. The monoisotopic (exact) mass is 240 g/mol. The fraction of sp³-hybridized carbons (Fsp3) is 0.833. The van der Waals surface area contributed by atoms with E-state index in [1.807, 2.05) is 0 Å². The Morgan fingerprint density at radius 1 is 1.35 bits per heavy atom. The molecule has 0 spiro atoms. The number of rotatable bonds is 4. The standard InChI is InChI=1S/C12H20N2O3/c13-8-12(4-2-5-12)7-10(15)14-6-1-3-9(14)11(16)17/h9H,1-8,13H2,(H,16,17)/t9-/m1/s1. The van der Waals surface area contributed by atoms with Gasteiger partial charge in [0.05, 0.1) is 0 Å². The summed E-state index contributed by atoms with van der Waals surface area (Å²) in [6.07, 6.45) is 4.93. The molecule has 2 aliphatic rings. The lowest BCUT2D eigenvalue weighted by Gasteiger charge is -2.41. The van der Waals surface area contributed by atoms with Crippen molar-refractivity contribution in [1.82, 2.24) is 4.90 Å². The molecule has 1 saturated heterocycles. The van der Waals surface area contributed by atoms with Crippen LogP contribution in [0.1, 0.15) is 38.5 Å². The van der Waals surface area contributed by atoms with E-state index < -0.39 is 12.0 Å². The molecule has 1 saturated carbocycles. The van der Waals surface area contributed by atoms with Crippen LogP contribution < -0.4 is 5.73 Å². The summed E-state index contributed by atoms with van der Waals surface area (Å²) in [6, 6.07) is -0.614. The molecule has 0 bridgehead atoms. The second-order valence-corrected chi connectivity index (χ2v) is 5.32. The molecule has 0 aromatic heterocycles. The maximum Gasteiger partial charge on any atom is 0.326 e. The minimum Gasteiger partial charge on any atom is -0.480 e. The van der Waals surface area contributed by atoms with Crippen LogP contribution in [0.15, 0.2) is 0 Å². The lowest BCUT2D eigenvalue weighted by molar-refractivity contribution is -0.149. The maximum absolute atomic E-state index is 12.1. The predicted octanol–water partition coefficient (Wildman–Crippen LogP) is 0.581. The van der Waals surface area contributed by atoms with Crippen LogP contribution in [0.3, 0.4) is 0 Å². The first kappa shape index (κ1) is 12.4. The molecular formula is C12H20N2O3. The van der Waals surface area contributed by atoms with Gasteiger partial charge in [-0.1, -0.05) is 6.42 Å². The molecule has 0 aromatic carbocycles. The number of nitrogens with zero attached hydrogens (tertiary/aromatic N) is 1. The summed E-state index contributed by atoms with van der Waals surface area (Å²) in [7, 11) is 0. The molecule has 0 unspecified atom stereocenters. The van der Waals surface area contributed by atoms with Gasteiger partial charge in [0.15, 0.2) is 0 Å². The van der Waals surface area contributed by atoms with Gasteiger partial charge in [0.2, 0.25) is 5.91 Å². The number of nitrogens with two attached hydrogens (primary N) is 1. The van der Waals surface area contributed by atoms with Crippen LogP contribution in [0.4, 0.5) is 0 Å². The van der Waals surface area contributed by atoms with Gasteiger partial charge < -0.3 is 15.7 Å². The fourth-order valence-electron chi connectivity index (χ4n) is 2.87. The highest BCUT2D eigenvalue weighted by Crippen LogP contribution is 2.43. The van der Waals surface area contributed by atoms with Crippen LogP contribution >= 0.6 is 0 Å². The Labute approximate surface area is 101 Å². The van der Waals surface area contributed by atoms with E-state index in [1.54, 1.807) is 0 Å². The topological polar surface area (TPSA) is 83.6 Å². The number of aliphatic carboxylic acids is 1. The Balaban J connectivity index is 1.97. The van der Waals surface area contributed by atoms with E-state index in [9.17, 15) is 9.59 Å². The van der Waals surface area contributed by atoms with E-state index in [-0.39, 0.29) is 11.3 Å². The third kappa shape index (κ3) is 2.29. The predicted molar refractivity (Wildman–Crippen MR) is 62.3 cm³/mol. The van der Waals surface area contributed by atoms with Crippen molar-refractivity contribution in [2.24, 2.45) is 11.1 Å². The highest BCUT2D eigenvalue weighted by Gasteiger charge is 2.41. The van der Waals surface area contributed by atoms with E-state index in [0.717, 1.165) is 25.7 Å². The maximum atomic E-state index is 12.1. The quantitative estimate of drug-likeness (QED) is 0.753. The normalized spacial score (nSPS) is 26.6. The molecule has 2 fully saturated rings.